The van der Waals surface area contributed by atoms with E-state index < -0.39 is 0 Å². The highest BCUT2D eigenvalue weighted by atomic mass is 16.5. The van der Waals surface area contributed by atoms with Crippen LogP contribution in [-0.4, -0.2) is 12.4 Å². The molecule has 0 aliphatic rings. The molecule has 0 bridgehead atoms. The summed E-state index contributed by atoms with van der Waals surface area (Å²) in [5.74, 6) is 1.02. The van der Waals surface area contributed by atoms with E-state index in [4.69, 9.17) is 4.74 Å². The molecule has 1 aromatic rings. The second-order valence-electron chi connectivity index (χ2n) is 4.82. The van der Waals surface area contributed by atoms with Gasteiger partial charge in [-0.2, -0.15) is 0 Å². The minimum atomic E-state index is 0.213. The van der Waals surface area contributed by atoms with Gasteiger partial charge in [-0.05, 0) is 25.0 Å². The third-order valence-electron chi connectivity index (χ3n) is 3.08. The third kappa shape index (κ3) is 6.42. The molecule has 1 aromatic carbocycles. The summed E-state index contributed by atoms with van der Waals surface area (Å²) in [5, 5.41) is 0. The summed E-state index contributed by atoms with van der Waals surface area (Å²) in [7, 11) is 0. The molecule has 0 N–H and O–H groups in total. The standard InChI is InChI=1S/C17H25O2/c1-3-5-7-8-12-17(18)15-10-9-11-16(14-15)19-13-6-4-2/h9-11,14H,1,3-8,12-13H2,2H3. The van der Waals surface area contributed by atoms with Crippen molar-refractivity contribution in [3.63, 3.8) is 0 Å². The Morgan fingerprint density at radius 3 is 2.79 bits per heavy atom. The Morgan fingerprint density at radius 2 is 2.05 bits per heavy atom. The van der Waals surface area contributed by atoms with Gasteiger partial charge in [0.1, 0.15) is 5.75 Å². The topological polar surface area (TPSA) is 26.3 Å². The van der Waals surface area contributed by atoms with Crippen LogP contribution in [0.1, 0.15) is 62.2 Å². The van der Waals surface area contributed by atoms with Gasteiger partial charge in [-0.1, -0.05) is 51.7 Å². The van der Waals surface area contributed by atoms with E-state index in [1.54, 1.807) is 0 Å². The van der Waals surface area contributed by atoms with Crippen LogP contribution in [0.4, 0.5) is 0 Å². The maximum absolute atomic E-state index is 12.0. The molecular formula is C17H25O2. The van der Waals surface area contributed by atoms with Crippen LogP contribution >= 0.6 is 0 Å². The molecule has 1 rings (SSSR count). The first-order chi connectivity index (χ1) is 9.27. The van der Waals surface area contributed by atoms with Gasteiger partial charge in [-0.3, -0.25) is 4.79 Å². The molecule has 1 radical (unpaired) electrons. The Kier molecular flexibility index (Phi) is 7.95. The lowest BCUT2D eigenvalue weighted by atomic mass is 10.0. The number of benzene rings is 1. The summed E-state index contributed by atoms with van der Waals surface area (Å²) in [6.07, 6.45) is 6.88. The molecule has 0 aromatic heterocycles. The van der Waals surface area contributed by atoms with Gasteiger partial charge < -0.3 is 4.74 Å². The summed E-state index contributed by atoms with van der Waals surface area (Å²) in [6, 6.07) is 7.54. The fourth-order valence-corrected chi connectivity index (χ4v) is 1.88. The zero-order valence-electron chi connectivity index (χ0n) is 12.0. The number of carbonyl (C=O) groups is 1. The van der Waals surface area contributed by atoms with Crippen molar-refractivity contribution in [3.05, 3.63) is 36.8 Å². The minimum absolute atomic E-state index is 0.213. The molecule has 105 valence electrons. The van der Waals surface area contributed by atoms with E-state index in [1.165, 1.54) is 0 Å². The van der Waals surface area contributed by atoms with Crippen molar-refractivity contribution in [2.24, 2.45) is 0 Å². The van der Waals surface area contributed by atoms with Gasteiger partial charge in [0.15, 0.2) is 5.78 Å². The molecule has 19 heavy (non-hydrogen) atoms. The highest BCUT2D eigenvalue weighted by molar-refractivity contribution is 5.96. The van der Waals surface area contributed by atoms with Crippen LogP contribution in [-0.2, 0) is 0 Å². The number of hydrogen-bond acceptors (Lipinski definition) is 2. The molecule has 2 heteroatoms. The number of hydrogen-bond donors (Lipinski definition) is 0. The number of unbranched alkanes of at least 4 members (excludes halogenated alkanes) is 4. The Bertz CT molecular complexity index is 371. The molecule has 2 nitrogen and oxygen atoms in total. The van der Waals surface area contributed by atoms with Crippen LogP contribution in [0.15, 0.2) is 24.3 Å². The lowest BCUT2D eigenvalue weighted by Gasteiger charge is -2.07. The molecule has 0 saturated heterocycles. The van der Waals surface area contributed by atoms with Crippen molar-refractivity contribution < 1.29 is 9.53 Å². The number of carbonyl (C=O) groups excluding carboxylic acids is 1. The number of rotatable bonds is 10. The van der Waals surface area contributed by atoms with E-state index >= 15 is 0 Å². The average molecular weight is 261 g/mol. The van der Waals surface area contributed by atoms with Gasteiger partial charge in [0.05, 0.1) is 6.61 Å². The van der Waals surface area contributed by atoms with Crippen molar-refractivity contribution in [1.82, 2.24) is 0 Å². The molecule has 0 aliphatic carbocycles. The largest absolute Gasteiger partial charge is 0.494 e. The van der Waals surface area contributed by atoms with Crippen molar-refractivity contribution >= 4 is 5.78 Å². The molecule has 0 atom stereocenters. The zero-order chi connectivity index (χ0) is 13.9. The van der Waals surface area contributed by atoms with Crippen LogP contribution in [0.2, 0.25) is 0 Å². The first-order valence-electron chi connectivity index (χ1n) is 7.33. The van der Waals surface area contributed by atoms with E-state index in [-0.39, 0.29) is 5.78 Å². The maximum Gasteiger partial charge on any atom is 0.163 e. The summed E-state index contributed by atoms with van der Waals surface area (Å²) >= 11 is 0. The van der Waals surface area contributed by atoms with Gasteiger partial charge in [-0.25, -0.2) is 0 Å². The minimum Gasteiger partial charge on any atom is -0.494 e. The SMILES string of the molecule is [CH2]CCCCCC(=O)c1cccc(OCCCC)c1. The van der Waals surface area contributed by atoms with Crippen LogP contribution in [0.25, 0.3) is 0 Å². The highest BCUT2D eigenvalue weighted by Gasteiger charge is 2.06. The van der Waals surface area contributed by atoms with Crippen molar-refractivity contribution in [2.45, 2.75) is 51.9 Å². The summed E-state index contributed by atoms with van der Waals surface area (Å²) in [5.41, 5.74) is 0.767. The predicted octanol–water partition coefficient (Wildman–Crippen LogP) is 4.83. The summed E-state index contributed by atoms with van der Waals surface area (Å²) in [4.78, 5) is 12.0. The Balaban J connectivity index is 2.43. The molecule has 0 unspecified atom stereocenters. The average Bonchev–Trinajstić information content (AvgIpc) is 2.44. The molecule has 0 heterocycles. The summed E-state index contributed by atoms with van der Waals surface area (Å²) in [6.45, 7) is 6.66. The van der Waals surface area contributed by atoms with Crippen molar-refractivity contribution in [2.75, 3.05) is 6.61 Å². The fourth-order valence-electron chi connectivity index (χ4n) is 1.88. The van der Waals surface area contributed by atoms with E-state index in [0.717, 1.165) is 56.4 Å². The van der Waals surface area contributed by atoms with E-state index in [0.29, 0.717) is 6.42 Å². The second kappa shape index (κ2) is 9.60. The van der Waals surface area contributed by atoms with Gasteiger partial charge in [-0.15, -0.1) is 0 Å². The van der Waals surface area contributed by atoms with Gasteiger partial charge >= 0.3 is 0 Å². The van der Waals surface area contributed by atoms with Crippen LogP contribution in [0, 0.1) is 6.92 Å². The smallest absolute Gasteiger partial charge is 0.163 e. The van der Waals surface area contributed by atoms with Crippen LogP contribution in [0.5, 0.6) is 5.75 Å². The Hall–Kier alpha value is -1.31. The Morgan fingerprint density at radius 1 is 1.21 bits per heavy atom. The lowest BCUT2D eigenvalue weighted by molar-refractivity contribution is 0.0978. The molecule has 0 fully saturated rings. The van der Waals surface area contributed by atoms with Crippen molar-refractivity contribution in [1.29, 1.82) is 0 Å². The first-order valence-corrected chi connectivity index (χ1v) is 7.33. The second-order valence-corrected chi connectivity index (χ2v) is 4.82. The number of ketones is 1. The summed E-state index contributed by atoms with van der Waals surface area (Å²) < 4.78 is 5.62. The van der Waals surface area contributed by atoms with Crippen LogP contribution < -0.4 is 4.74 Å². The lowest BCUT2D eigenvalue weighted by Crippen LogP contribution is -2.01. The van der Waals surface area contributed by atoms with Crippen LogP contribution in [0.3, 0.4) is 0 Å². The third-order valence-corrected chi connectivity index (χ3v) is 3.08. The first kappa shape index (κ1) is 15.7. The molecule has 0 aliphatic heterocycles. The normalized spacial score (nSPS) is 10.4. The molecule has 0 saturated carbocycles. The Labute approximate surface area is 117 Å². The highest BCUT2D eigenvalue weighted by Crippen LogP contribution is 2.16. The fraction of sp³-hybridized carbons (Fsp3) is 0.529. The van der Waals surface area contributed by atoms with E-state index in [2.05, 4.69) is 13.8 Å². The molecule has 0 spiro atoms. The number of ether oxygens (including phenoxy) is 1. The van der Waals surface area contributed by atoms with Gasteiger partial charge in [0.25, 0.3) is 0 Å². The van der Waals surface area contributed by atoms with Gasteiger partial charge in [0.2, 0.25) is 0 Å². The quantitative estimate of drug-likeness (QED) is 0.445. The molecular weight excluding hydrogens is 236 g/mol. The zero-order valence-corrected chi connectivity index (χ0v) is 12.0. The number of Topliss-reactive ketones (excluding diaryl/α,β-unsaturated/α-hetero) is 1. The maximum atomic E-state index is 12.0. The predicted molar refractivity (Wildman–Crippen MR) is 79.6 cm³/mol. The monoisotopic (exact) mass is 261 g/mol. The van der Waals surface area contributed by atoms with E-state index in [9.17, 15) is 4.79 Å². The molecule has 0 amide bonds. The van der Waals surface area contributed by atoms with Gasteiger partial charge in [0, 0.05) is 12.0 Å². The van der Waals surface area contributed by atoms with E-state index in [1.807, 2.05) is 24.3 Å². The van der Waals surface area contributed by atoms with Crippen molar-refractivity contribution in [3.8, 4) is 5.75 Å².